The summed E-state index contributed by atoms with van der Waals surface area (Å²) in [6, 6.07) is 0. The number of aromatic nitrogens is 1. The van der Waals surface area contributed by atoms with E-state index in [1.807, 2.05) is 0 Å². The van der Waals surface area contributed by atoms with Crippen molar-refractivity contribution in [2.75, 3.05) is 7.11 Å². The van der Waals surface area contributed by atoms with Crippen molar-refractivity contribution in [3.63, 3.8) is 0 Å². The molecule has 18 heavy (non-hydrogen) atoms. The maximum absolute atomic E-state index is 12.0. The Labute approximate surface area is 97.9 Å². The predicted octanol–water partition coefficient (Wildman–Crippen LogP) is 1.39. The quantitative estimate of drug-likeness (QED) is 0.655. The molecule has 0 fully saturated rings. The number of aliphatic hydroxyl groups is 1. The van der Waals surface area contributed by atoms with Crippen molar-refractivity contribution < 1.29 is 32.7 Å². The molecule has 7 nitrogen and oxygen atoms in total. The molecular weight excluding hydrogens is 261 g/mol. The SMILES string of the molecule is COc1c(CO)cnc(OC(F)(F)F)c1[N+](=O)[O-]. The summed E-state index contributed by atoms with van der Waals surface area (Å²) in [4.78, 5) is 12.7. The Morgan fingerprint density at radius 2 is 2.17 bits per heavy atom. The van der Waals surface area contributed by atoms with E-state index in [1.54, 1.807) is 0 Å². The molecule has 1 aromatic heterocycles. The average molecular weight is 268 g/mol. The molecule has 0 aliphatic heterocycles. The molecule has 1 N–H and O–H groups in total. The summed E-state index contributed by atoms with van der Waals surface area (Å²) in [6.45, 7) is -0.677. The number of aliphatic hydroxyl groups excluding tert-OH is 1. The Morgan fingerprint density at radius 3 is 2.56 bits per heavy atom. The zero-order valence-corrected chi connectivity index (χ0v) is 8.89. The van der Waals surface area contributed by atoms with Crippen LogP contribution in [0.25, 0.3) is 0 Å². The van der Waals surface area contributed by atoms with Gasteiger partial charge in [0.25, 0.3) is 0 Å². The van der Waals surface area contributed by atoms with Crippen LogP contribution in [0.1, 0.15) is 5.56 Å². The van der Waals surface area contributed by atoms with Crippen LogP contribution in [0, 0.1) is 10.1 Å². The number of alkyl halides is 3. The lowest BCUT2D eigenvalue weighted by atomic mass is 10.2. The first-order valence-electron chi connectivity index (χ1n) is 4.37. The fourth-order valence-corrected chi connectivity index (χ4v) is 1.19. The van der Waals surface area contributed by atoms with Crippen LogP contribution in [-0.4, -0.2) is 28.5 Å². The van der Waals surface area contributed by atoms with E-state index < -0.39 is 35.2 Å². The normalized spacial score (nSPS) is 11.2. The van der Waals surface area contributed by atoms with Crippen LogP contribution in [0.2, 0.25) is 0 Å². The third-order valence-electron chi connectivity index (χ3n) is 1.82. The van der Waals surface area contributed by atoms with Crippen LogP contribution in [0.4, 0.5) is 18.9 Å². The van der Waals surface area contributed by atoms with Crippen LogP contribution >= 0.6 is 0 Å². The largest absolute Gasteiger partial charge is 0.574 e. The Hall–Kier alpha value is -2.10. The first-order chi connectivity index (χ1) is 8.30. The highest BCUT2D eigenvalue weighted by Crippen LogP contribution is 2.39. The zero-order chi connectivity index (χ0) is 13.9. The molecule has 1 aromatic rings. The second-order valence-corrected chi connectivity index (χ2v) is 2.93. The van der Waals surface area contributed by atoms with Crippen LogP contribution < -0.4 is 9.47 Å². The van der Waals surface area contributed by atoms with E-state index in [4.69, 9.17) is 5.11 Å². The molecule has 0 bridgehead atoms. The summed E-state index contributed by atoms with van der Waals surface area (Å²) >= 11 is 0. The number of halogens is 3. The fraction of sp³-hybridized carbons (Fsp3) is 0.375. The van der Waals surface area contributed by atoms with Crippen molar-refractivity contribution in [2.45, 2.75) is 13.0 Å². The highest BCUT2D eigenvalue weighted by molar-refractivity contribution is 5.57. The van der Waals surface area contributed by atoms with E-state index in [1.165, 1.54) is 0 Å². The minimum Gasteiger partial charge on any atom is -0.490 e. The topological polar surface area (TPSA) is 94.7 Å². The molecule has 1 rings (SSSR count). The molecule has 0 aromatic carbocycles. The molecule has 0 atom stereocenters. The van der Waals surface area contributed by atoms with Gasteiger partial charge in [-0.2, -0.15) is 0 Å². The number of rotatable bonds is 4. The number of methoxy groups -OCH3 is 1. The van der Waals surface area contributed by atoms with Crippen LogP contribution in [-0.2, 0) is 6.61 Å². The van der Waals surface area contributed by atoms with Gasteiger partial charge < -0.3 is 14.6 Å². The first kappa shape index (κ1) is 14.0. The average Bonchev–Trinajstić information content (AvgIpc) is 2.25. The van der Waals surface area contributed by atoms with Gasteiger partial charge in [-0.15, -0.1) is 13.2 Å². The van der Waals surface area contributed by atoms with Gasteiger partial charge in [0.05, 0.1) is 18.6 Å². The number of nitrogens with zero attached hydrogens (tertiary/aromatic N) is 2. The van der Waals surface area contributed by atoms with Crippen molar-refractivity contribution in [1.29, 1.82) is 0 Å². The molecular formula is C8H7F3N2O5. The molecule has 0 saturated carbocycles. The number of pyridine rings is 1. The molecule has 10 heteroatoms. The summed E-state index contributed by atoms with van der Waals surface area (Å²) < 4.78 is 44.1. The van der Waals surface area contributed by atoms with Gasteiger partial charge in [0.15, 0.2) is 0 Å². The van der Waals surface area contributed by atoms with E-state index in [-0.39, 0.29) is 5.56 Å². The molecule has 0 saturated heterocycles. The lowest BCUT2D eigenvalue weighted by Gasteiger charge is -2.11. The lowest BCUT2D eigenvalue weighted by Crippen LogP contribution is -2.19. The van der Waals surface area contributed by atoms with Crippen LogP contribution in [0.5, 0.6) is 11.6 Å². The third-order valence-corrected chi connectivity index (χ3v) is 1.82. The monoisotopic (exact) mass is 268 g/mol. The number of hydrogen-bond acceptors (Lipinski definition) is 6. The summed E-state index contributed by atoms with van der Waals surface area (Å²) in [5, 5.41) is 19.6. The second kappa shape index (κ2) is 5.04. The highest BCUT2D eigenvalue weighted by atomic mass is 19.4. The van der Waals surface area contributed by atoms with Crippen molar-refractivity contribution in [1.82, 2.24) is 4.98 Å². The highest BCUT2D eigenvalue weighted by Gasteiger charge is 2.37. The first-order valence-corrected chi connectivity index (χ1v) is 4.37. The summed E-state index contributed by atoms with van der Waals surface area (Å²) in [7, 11) is 1.01. The number of nitro groups is 1. The van der Waals surface area contributed by atoms with E-state index in [0.717, 1.165) is 13.3 Å². The van der Waals surface area contributed by atoms with E-state index >= 15 is 0 Å². The van der Waals surface area contributed by atoms with Gasteiger partial charge in [0, 0.05) is 11.8 Å². The Kier molecular flexibility index (Phi) is 3.91. The second-order valence-electron chi connectivity index (χ2n) is 2.93. The van der Waals surface area contributed by atoms with E-state index in [9.17, 15) is 23.3 Å². The Morgan fingerprint density at radius 1 is 1.56 bits per heavy atom. The standard InChI is InChI=1S/C8H7F3N2O5/c1-17-6-4(3-14)2-12-7(5(6)13(15)16)18-8(9,10)11/h2,14H,3H2,1H3. The van der Waals surface area contributed by atoms with Gasteiger partial charge in [0.1, 0.15) is 0 Å². The van der Waals surface area contributed by atoms with Gasteiger partial charge in [-0.3, -0.25) is 10.1 Å². The third kappa shape index (κ3) is 2.97. The van der Waals surface area contributed by atoms with Gasteiger partial charge in [0.2, 0.25) is 5.75 Å². The van der Waals surface area contributed by atoms with E-state index in [2.05, 4.69) is 14.5 Å². The molecule has 0 spiro atoms. The number of hydrogen-bond donors (Lipinski definition) is 1. The van der Waals surface area contributed by atoms with Crippen LogP contribution in [0.15, 0.2) is 6.20 Å². The maximum atomic E-state index is 12.0. The molecule has 0 radical (unpaired) electrons. The van der Waals surface area contributed by atoms with Crippen molar-refractivity contribution in [3.8, 4) is 11.6 Å². The molecule has 100 valence electrons. The van der Waals surface area contributed by atoms with Gasteiger partial charge in [-0.05, 0) is 0 Å². The zero-order valence-electron chi connectivity index (χ0n) is 8.89. The molecule has 0 unspecified atom stereocenters. The van der Waals surface area contributed by atoms with Gasteiger partial charge >= 0.3 is 17.9 Å². The molecule has 0 aliphatic rings. The van der Waals surface area contributed by atoms with E-state index in [0.29, 0.717) is 0 Å². The fourth-order valence-electron chi connectivity index (χ4n) is 1.19. The smallest absolute Gasteiger partial charge is 0.490 e. The summed E-state index contributed by atoms with van der Waals surface area (Å²) in [6.07, 6.45) is -4.32. The molecule has 0 aliphatic carbocycles. The predicted molar refractivity (Wildman–Crippen MR) is 50.0 cm³/mol. The molecule has 0 amide bonds. The van der Waals surface area contributed by atoms with Gasteiger partial charge in [-0.1, -0.05) is 0 Å². The Balaban J connectivity index is 3.39. The summed E-state index contributed by atoms with van der Waals surface area (Å²) in [5.74, 6) is -1.78. The van der Waals surface area contributed by atoms with Gasteiger partial charge in [-0.25, -0.2) is 4.98 Å². The number of ether oxygens (including phenoxy) is 2. The Bertz CT molecular complexity index is 463. The maximum Gasteiger partial charge on any atom is 0.574 e. The van der Waals surface area contributed by atoms with Crippen molar-refractivity contribution in [3.05, 3.63) is 21.9 Å². The van der Waals surface area contributed by atoms with Crippen molar-refractivity contribution >= 4 is 5.69 Å². The van der Waals surface area contributed by atoms with Crippen molar-refractivity contribution in [2.24, 2.45) is 0 Å². The molecule has 1 heterocycles. The lowest BCUT2D eigenvalue weighted by molar-refractivity contribution is -0.390. The minimum absolute atomic E-state index is 0.126. The minimum atomic E-state index is -5.12. The van der Waals surface area contributed by atoms with Crippen LogP contribution in [0.3, 0.4) is 0 Å². The summed E-state index contributed by atoms with van der Waals surface area (Å²) in [5.41, 5.74) is -1.22.